The van der Waals surface area contributed by atoms with Crippen molar-refractivity contribution < 1.29 is 19.4 Å². The molecule has 1 aliphatic heterocycles. The number of hydrogen-bond donors (Lipinski definition) is 1. The summed E-state index contributed by atoms with van der Waals surface area (Å²) in [5.74, 6) is -1.38. The molecule has 16 heavy (non-hydrogen) atoms. The fourth-order valence-corrected chi connectivity index (χ4v) is 1.84. The third kappa shape index (κ3) is 2.02. The molecule has 1 unspecified atom stereocenters. The number of carbonyl (C=O) groups is 2. The van der Waals surface area contributed by atoms with E-state index in [0.29, 0.717) is 16.3 Å². The van der Waals surface area contributed by atoms with Gasteiger partial charge in [0.25, 0.3) is 0 Å². The first-order valence-corrected chi connectivity index (χ1v) is 5.14. The summed E-state index contributed by atoms with van der Waals surface area (Å²) < 4.78 is 5.32. The van der Waals surface area contributed by atoms with Crippen molar-refractivity contribution in [2.45, 2.75) is 6.42 Å². The van der Waals surface area contributed by atoms with Gasteiger partial charge in [0.2, 0.25) is 0 Å². The summed E-state index contributed by atoms with van der Waals surface area (Å²) in [7, 11) is 0. The number of carboxylic acids is 1. The SMILES string of the molecule is O=C(O)CC1COc2ccc(Cl)cc2C1=O. The molecule has 0 aliphatic carbocycles. The van der Waals surface area contributed by atoms with Crippen LogP contribution in [0.2, 0.25) is 5.02 Å². The lowest BCUT2D eigenvalue weighted by Gasteiger charge is -2.22. The highest BCUT2D eigenvalue weighted by atomic mass is 35.5. The van der Waals surface area contributed by atoms with Crippen molar-refractivity contribution >= 4 is 23.4 Å². The molecule has 84 valence electrons. The van der Waals surface area contributed by atoms with Crippen molar-refractivity contribution in [2.75, 3.05) is 6.61 Å². The molecule has 0 bridgehead atoms. The number of hydrogen-bond acceptors (Lipinski definition) is 3. The lowest BCUT2D eigenvalue weighted by Crippen LogP contribution is -2.29. The van der Waals surface area contributed by atoms with Gasteiger partial charge in [0.1, 0.15) is 5.75 Å². The third-order valence-corrected chi connectivity index (χ3v) is 2.67. The maximum atomic E-state index is 11.9. The maximum Gasteiger partial charge on any atom is 0.304 e. The molecular formula is C11H9ClO4. The predicted molar refractivity (Wildman–Crippen MR) is 57.0 cm³/mol. The van der Waals surface area contributed by atoms with Gasteiger partial charge in [-0.05, 0) is 18.2 Å². The minimum Gasteiger partial charge on any atom is -0.492 e. The van der Waals surface area contributed by atoms with Crippen molar-refractivity contribution in [1.29, 1.82) is 0 Å². The Hall–Kier alpha value is -1.55. The van der Waals surface area contributed by atoms with Crippen LogP contribution in [0.25, 0.3) is 0 Å². The molecule has 4 nitrogen and oxygen atoms in total. The topological polar surface area (TPSA) is 63.6 Å². The summed E-state index contributed by atoms with van der Waals surface area (Å²) >= 11 is 5.77. The molecule has 1 aromatic rings. The summed E-state index contributed by atoms with van der Waals surface area (Å²) in [5.41, 5.74) is 0.366. The van der Waals surface area contributed by atoms with Crippen LogP contribution in [-0.4, -0.2) is 23.5 Å². The number of fused-ring (bicyclic) bond motifs is 1. The summed E-state index contributed by atoms with van der Waals surface area (Å²) in [6.07, 6.45) is -0.217. The molecule has 1 heterocycles. The molecule has 0 saturated carbocycles. The van der Waals surface area contributed by atoms with Gasteiger partial charge in [-0.25, -0.2) is 0 Å². The summed E-state index contributed by atoms with van der Waals surface area (Å²) in [6, 6.07) is 4.75. The van der Waals surface area contributed by atoms with E-state index in [-0.39, 0.29) is 18.8 Å². The summed E-state index contributed by atoms with van der Waals surface area (Å²) in [5, 5.41) is 9.09. The van der Waals surface area contributed by atoms with Crippen LogP contribution in [0.5, 0.6) is 5.75 Å². The Kier molecular flexibility index (Phi) is 2.83. The Morgan fingerprint density at radius 2 is 2.31 bits per heavy atom. The Morgan fingerprint density at radius 3 is 3.00 bits per heavy atom. The number of halogens is 1. The van der Waals surface area contributed by atoms with E-state index < -0.39 is 11.9 Å². The van der Waals surface area contributed by atoms with Crippen LogP contribution in [0.3, 0.4) is 0 Å². The van der Waals surface area contributed by atoms with E-state index in [1.54, 1.807) is 12.1 Å². The van der Waals surface area contributed by atoms with Crippen LogP contribution in [0.1, 0.15) is 16.8 Å². The molecule has 5 heteroatoms. The first-order valence-electron chi connectivity index (χ1n) is 4.76. The molecule has 1 aromatic carbocycles. The van der Waals surface area contributed by atoms with Gasteiger partial charge in [-0.15, -0.1) is 0 Å². The van der Waals surface area contributed by atoms with E-state index in [9.17, 15) is 9.59 Å². The smallest absolute Gasteiger partial charge is 0.304 e. The standard InChI is InChI=1S/C11H9ClO4/c12-7-1-2-9-8(4-7)11(15)6(5-16-9)3-10(13)14/h1-2,4,6H,3,5H2,(H,13,14). The summed E-state index contributed by atoms with van der Waals surface area (Å²) in [6.45, 7) is 0.111. The summed E-state index contributed by atoms with van der Waals surface area (Å²) in [4.78, 5) is 22.5. The minimum absolute atomic E-state index is 0.111. The van der Waals surface area contributed by atoms with E-state index in [0.717, 1.165) is 0 Å². The number of ether oxygens (including phenoxy) is 1. The highest BCUT2D eigenvalue weighted by Crippen LogP contribution is 2.30. The lowest BCUT2D eigenvalue weighted by molar-refractivity contribution is -0.138. The zero-order valence-corrected chi connectivity index (χ0v) is 9.03. The second kappa shape index (κ2) is 4.14. The molecule has 0 fully saturated rings. The number of aliphatic carboxylic acids is 1. The average Bonchev–Trinajstić information content (AvgIpc) is 2.22. The Morgan fingerprint density at radius 1 is 1.56 bits per heavy atom. The second-order valence-electron chi connectivity index (χ2n) is 3.61. The van der Waals surface area contributed by atoms with E-state index in [1.165, 1.54) is 6.07 Å². The highest BCUT2D eigenvalue weighted by Gasteiger charge is 2.30. The van der Waals surface area contributed by atoms with Crippen molar-refractivity contribution in [3.8, 4) is 5.75 Å². The largest absolute Gasteiger partial charge is 0.492 e. The van der Waals surface area contributed by atoms with Gasteiger partial charge in [-0.3, -0.25) is 9.59 Å². The van der Waals surface area contributed by atoms with Crippen molar-refractivity contribution in [2.24, 2.45) is 5.92 Å². The first kappa shape index (κ1) is 11.0. The van der Waals surface area contributed by atoms with Crippen molar-refractivity contribution in [3.05, 3.63) is 28.8 Å². The van der Waals surface area contributed by atoms with E-state index in [2.05, 4.69) is 0 Å². The minimum atomic E-state index is -1.01. The Labute approximate surface area is 96.8 Å². The maximum absolute atomic E-state index is 11.9. The van der Waals surface area contributed by atoms with E-state index in [4.69, 9.17) is 21.4 Å². The quantitative estimate of drug-likeness (QED) is 0.859. The Balaban J connectivity index is 2.30. The second-order valence-corrected chi connectivity index (χ2v) is 4.05. The molecule has 0 aromatic heterocycles. The Bertz CT molecular complexity index is 455. The van der Waals surface area contributed by atoms with Crippen LogP contribution in [0.4, 0.5) is 0 Å². The van der Waals surface area contributed by atoms with Crippen LogP contribution in [0, 0.1) is 5.92 Å². The number of rotatable bonds is 2. The molecule has 0 spiro atoms. The number of carboxylic acid groups (broad SMARTS) is 1. The van der Waals surface area contributed by atoms with E-state index in [1.807, 2.05) is 0 Å². The highest BCUT2D eigenvalue weighted by molar-refractivity contribution is 6.31. The molecule has 1 N–H and O–H groups in total. The molecule has 1 aliphatic rings. The monoisotopic (exact) mass is 240 g/mol. The van der Waals surface area contributed by atoms with Crippen LogP contribution in [-0.2, 0) is 4.79 Å². The van der Waals surface area contributed by atoms with E-state index >= 15 is 0 Å². The first-order chi connectivity index (χ1) is 7.58. The van der Waals surface area contributed by atoms with Crippen LogP contribution in [0.15, 0.2) is 18.2 Å². The normalized spacial score (nSPS) is 18.8. The van der Waals surface area contributed by atoms with Gasteiger partial charge in [-0.2, -0.15) is 0 Å². The van der Waals surface area contributed by atoms with Gasteiger partial charge in [0.15, 0.2) is 5.78 Å². The number of benzene rings is 1. The van der Waals surface area contributed by atoms with Crippen molar-refractivity contribution in [1.82, 2.24) is 0 Å². The fourth-order valence-electron chi connectivity index (χ4n) is 1.67. The van der Waals surface area contributed by atoms with Crippen LogP contribution < -0.4 is 4.74 Å². The fraction of sp³-hybridized carbons (Fsp3) is 0.273. The van der Waals surface area contributed by atoms with Gasteiger partial charge in [0, 0.05) is 5.02 Å². The van der Waals surface area contributed by atoms with Gasteiger partial charge < -0.3 is 9.84 Å². The molecular weight excluding hydrogens is 232 g/mol. The van der Waals surface area contributed by atoms with Gasteiger partial charge in [0.05, 0.1) is 24.5 Å². The van der Waals surface area contributed by atoms with Gasteiger partial charge in [-0.1, -0.05) is 11.6 Å². The molecule has 1 atom stereocenters. The van der Waals surface area contributed by atoms with Crippen LogP contribution >= 0.6 is 11.6 Å². The molecule has 0 radical (unpaired) electrons. The van der Waals surface area contributed by atoms with Crippen molar-refractivity contribution in [3.63, 3.8) is 0 Å². The molecule has 0 amide bonds. The number of ketones is 1. The zero-order chi connectivity index (χ0) is 11.7. The van der Waals surface area contributed by atoms with Gasteiger partial charge >= 0.3 is 5.97 Å². The third-order valence-electron chi connectivity index (χ3n) is 2.44. The zero-order valence-electron chi connectivity index (χ0n) is 8.27. The molecule has 2 rings (SSSR count). The lowest BCUT2D eigenvalue weighted by atomic mass is 9.92. The predicted octanol–water partition coefficient (Wildman–Crippen LogP) is 2.01. The number of carbonyl (C=O) groups excluding carboxylic acids is 1. The molecule has 0 saturated heterocycles. The number of Topliss-reactive ketones (excluding diaryl/α,β-unsaturated/α-hetero) is 1. The average molecular weight is 241 g/mol.